The molecule has 0 saturated heterocycles. The second-order valence-corrected chi connectivity index (χ2v) is 6.24. The predicted molar refractivity (Wildman–Crippen MR) is 104 cm³/mol. The van der Waals surface area contributed by atoms with Gasteiger partial charge in [-0.05, 0) is 28.5 Å². The Labute approximate surface area is 161 Å². The van der Waals surface area contributed by atoms with Gasteiger partial charge >= 0.3 is 5.97 Å². The van der Waals surface area contributed by atoms with Gasteiger partial charge in [-0.3, -0.25) is 14.9 Å². The number of ether oxygens (including phenoxy) is 1. The van der Waals surface area contributed by atoms with Gasteiger partial charge in [-0.15, -0.1) is 0 Å². The third-order valence-corrected chi connectivity index (χ3v) is 4.39. The van der Waals surface area contributed by atoms with Crippen LogP contribution in [0, 0.1) is 10.1 Å². The summed E-state index contributed by atoms with van der Waals surface area (Å²) in [5, 5.41) is 15.4. The Morgan fingerprint density at radius 3 is 2.36 bits per heavy atom. The van der Waals surface area contributed by atoms with Gasteiger partial charge in [0.25, 0.3) is 11.6 Å². The van der Waals surface area contributed by atoms with Crippen LogP contribution in [0.2, 0.25) is 0 Å². The molecule has 1 N–H and O–H groups in total. The molecule has 0 aromatic heterocycles. The molecule has 142 valence electrons. The number of nitrogens with one attached hydrogen (secondary N) is 1. The third kappa shape index (κ3) is 4.32. The van der Waals surface area contributed by atoms with Gasteiger partial charge < -0.3 is 10.1 Å². The molecule has 0 unspecified atom stereocenters. The van der Waals surface area contributed by atoms with Gasteiger partial charge in [0.2, 0.25) is 0 Å². The van der Waals surface area contributed by atoms with Crippen LogP contribution in [0.5, 0.6) is 0 Å². The molecule has 3 rings (SSSR count). The molecule has 0 aliphatic heterocycles. The van der Waals surface area contributed by atoms with E-state index in [4.69, 9.17) is 4.74 Å². The van der Waals surface area contributed by atoms with Gasteiger partial charge in [0.15, 0.2) is 0 Å². The number of esters is 1. The molecule has 0 aliphatic carbocycles. The van der Waals surface area contributed by atoms with Crippen LogP contribution in [0.3, 0.4) is 0 Å². The Morgan fingerprint density at radius 2 is 1.71 bits per heavy atom. The largest absolute Gasteiger partial charge is 0.467 e. The van der Waals surface area contributed by atoms with Crippen molar-refractivity contribution in [2.75, 3.05) is 7.11 Å². The molecular weight excluding hydrogens is 360 g/mol. The third-order valence-electron chi connectivity index (χ3n) is 4.39. The van der Waals surface area contributed by atoms with E-state index in [1.165, 1.54) is 19.2 Å². The molecular formula is C21H18N2O5. The minimum atomic E-state index is -0.912. The fourth-order valence-electron chi connectivity index (χ4n) is 2.90. The number of rotatable bonds is 6. The number of amides is 1. The molecule has 0 aliphatic rings. The monoisotopic (exact) mass is 378 g/mol. The lowest BCUT2D eigenvalue weighted by Gasteiger charge is -2.17. The summed E-state index contributed by atoms with van der Waals surface area (Å²) < 4.78 is 4.79. The van der Waals surface area contributed by atoms with Gasteiger partial charge in [0, 0.05) is 24.1 Å². The standard InChI is InChI=1S/C21H18N2O5/c1-28-21(25)19(12-14-6-10-18(11-7-14)23(26)27)22-20(24)17-9-8-15-4-2-3-5-16(15)13-17/h2-11,13,19H,12H2,1H3,(H,22,24)/t19-/m1/s1. The van der Waals surface area contributed by atoms with Crippen LogP contribution < -0.4 is 5.32 Å². The number of nitro benzene ring substituents is 1. The Balaban J connectivity index is 1.78. The SMILES string of the molecule is COC(=O)[C@@H](Cc1ccc([N+](=O)[O-])cc1)NC(=O)c1ccc2ccccc2c1. The van der Waals surface area contributed by atoms with Gasteiger partial charge in [0.1, 0.15) is 6.04 Å². The van der Waals surface area contributed by atoms with E-state index in [-0.39, 0.29) is 12.1 Å². The van der Waals surface area contributed by atoms with Crippen molar-refractivity contribution in [3.8, 4) is 0 Å². The topological polar surface area (TPSA) is 98.5 Å². The number of hydrogen-bond donors (Lipinski definition) is 1. The Kier molecular flexibility index (Phi) is 5.64. The van der Waals surface area contributed by atoms with Crippen molar-refractivity contribution in [3.05, 3.63) is 88.0 Å². The van der Waals surface area contributed by atoms with Gasteiger partial charge in [-0.1, -0.05) is 42.5 Å². The summed E-state index contributed by atoms with van der Waals surface area (Å²) in [5.74, 6) is -0.990. The molecule has 0 heterocycles. The molecule has 0 saturated carbocycles. The zero-order valence-electron chi connectivity index (χ0n) is 15.1. The summed E-state index contributed by atoms with van der Waals surface area (Å²) >= 11 is 0. The minimum Gasteiger partial charge on any atom is -0.467 e. The molecule has 3 aromatic rings. The molecule has 1 atom stereocenters. The van der Waals surface area contributed by atoms with E-state index in [2.05, 4.69) is 5.32 Å². The molecule has 7 heteroatoms. The first-order chi connectivity index (χ1) is 13.5. The van der Waals surface area contributed by atoms with E-state index in [0.717, 1.165) is 10.8 Å². The number of carbonyl (C=O) groups excluding carboxylic acids is 2. The van der Waals surface area contributed by atoms with Crippen molar-refractivity contribution in [1.82, 2.24) is 5.32 Å². The molecule has 0 fully saturated rings. The lowest BCUT2D eigenvalue weighted by Crippen LogP contribution is -2.43. The quantitative estimate of drug-likeness (QED) is 0.403. The van der Waals surface area contributed by atoms with E-state index in [9.17, 15) is 19.7 Å². The number of carbonyl (C=O) groups is 2. The Morgan fingerprint density at radius 1 is 1.04 bits per heavy atom. The van der Waals surface area contributed by atoms with Crippen molar-refractivity contribution in [3.63, 3.8) is 0 Å². The van der Waals surface area contributed by atoms with Crippen molar-refractivity contribution in [2.45, 2.75) is 12.5 Å². The molecule has 28 heavy (non-hydrogen) atoms. The van der Waals surface area contributed by atoms with Crippen LogP contribution in [0.15, 0.2) is 66.7 Å². The Hall–Kier alpha value is -3.74. The molecule has 0 bridgehead atoms. The van der Waals surface area contributed by atoms with Gasteiger partial charge in [0.05, 0.1) is 12.0 Å². The summed E-state index contributed by atoms with van der Waals surface area (Å²) in [4.78, 5) is 35.0. The van der Waals surface area contributed by atoms with Gasteiger partial charge in [-0.25, -0.2) is 4.79 Å². The first-order valence-electron chi connectivity index (χ1n) is 8.59. The maximum absolute atomic E-state index is 12.6. The molecule has 3 aromatic carbocycles. The number of methoxy groups -OCH3 is 1. The van der Waals surface area contributed by atoms with Crippen LogP contribution in [-0.4, -0.2) is 30.0 Å². The summed E-state index contributed by atoms with van der Waals surface area (Å²) in [7, 11) is 1.24. The normalized spacial score (nSPS) is 11.6. The number of benzene rings is 3. The average molecular weight is 378 g/mol. The lowest BCUT2D eigenvalue weighted by molar-refractivity contribution is -0.384. The summed E-state index contributed by atoms with van der Waals surface area (Å²) in [6.45, 7) is 0. The van der Waals surface area contributed by atoms with E-state index in [1.807, 2.05) is 30.3 Å². The van der Waals surface area contributed by atoms with Crippen LogP contribution in [-0.2, 0) is 16.0 Å². The van der Waals surface area contributed by atoms with Crippen LogP contribution in [0.1, 0.15) is 15.9 Å². The van der Waals surface area contributed by atoms with Crippen molar-refractivity contribution in [1.29, 1.82) is 0 Å². The maximum atomic E-state index is 12.6. The lowest BCUT2D eigenvalue weighted by atomic mass is 10.0. The first kappa shape index (κ1) is 19.0. The summed E-state index contributed by atoms with van der Waals surface area (Å²) in [6, 6.07) is 17.8. The molecule has 0 radical (unpaired) electrons. The summed E-state index contributed by atoms with van der Waals surface area (Å²) in [5.41, 5.74) is 1.05. The van der Waals surface area contributed by atoms with Crippen molar-refractivity contribution >= 4 is 28.3 Å². The number of nitrogens with zero attached hydrogens (tertiary/aromatic N) is 1. The average Bonchev–Trinajstić information content (AvgIpc) is 2.72. The van der Waals surface area contributed by atoms with Crippen LogP contribution in [0.25, 0.3) is 10.8 Å². The first-order valence-corrected chi connectivity index (χ1v) is 8.59. The van der Waals surface area contributed by atoms with Crippen LogP contribution in [0.4, 0.5) is 5.69 Å². The zero-order chi connectivity index (χ0) is 20.1. The van der Waals surface area contributed by atoms with E-state index in [0.29, 0.717) is 11.1 Å². The van der Waals surface area contributed by atoms with E-state index >= 15 is 0 Å². The number of nitro groups is 1. The number of fused-ring (bicyclic) bond motifs is 1. The highest BCUT2D eigenvalue weighted by atomic mass is 16.6. The molecule has 0 spiro atoms. The summed E-state index contributed by atoms with van der Waals surface area (Å²) in [6.07, 6.45) is 0.157. The number of non-ortho nitro benzene ring substituents is 1. The fraction of sp³-hybridized carbons (Fsp3) is 0.143. The van der Waals surface area contributed by atoms with E-state index < -0.39 is 22.8 Å². The van der Waals surface area contributed by atoms with Gasteiger partial charge in [-0.2, -0.15) is 0 Å². The highest BCUT2D eigenvalue weighted by Crippen LogP contribution is 2.17. The second-order valence-electron chi connectivity index (χ2n) is 6.24. The van der Waals surface area contributed by atoms with Crippen LogP contribution >= 0.6 is 0 Å². The predicted octanol–water partition coefficient (Wildman–Crippen LogP) is 3.26. The molecule has 1 amide bonds. The Bertz CT molecular complexity index is 1030. The number of hydrogen-bond acceptors (Lipinski definition) is 5. The van der Waals surface area contributed by atoms with Crippen molar-refractivity contribution in [2.24, 2.45) is 0 Å². The maximum Gasteiger partial charge on any atom is 0.328 e. The smallest absolute Gasteiger partial charge is 0.328 e. The minimum absolute atomic E-state index is 0.0430. The zero-order valence-corrected chi connectivity index (χ0v) is 15.1. The highest BCUT2D eigenvalue weighted by molar-refractivity contribution is 6.00. The molecule has 7 nitrogen and oxygen atoms in total. The second kappa shape index (κ2) is 8.30. The van der Waals surface area contributed by atoms with E-state index in [1.54, 1.807) is 24.3 Å². The fourth-order valence-corrected chi connectivity index (χ4v) is 2.90. The van der Waals surface area contributed by atoms with Crippen molar-refractivity contribution < 1.29 is 19.2 Å². The highest BCUT2D eigenvalue weighted by Gasteiger charge is 2.23.